The van der Waals surface area contributed by atoms with Crippen molar-refractivity contribution in [2.45, 2.75) is 73.1 Å². The van der Waals surface area contributed by atoms with E-state index in [-0.39, 0.29) is 31.9 Å². The Hall–Kier alpha value is -4.47. The predicted molar refractivity (Wildman–Crippen MR) is 197 cm³/mol. The van der Waals surface area contributed by atoms with E-state index in [4.69, 9.17) is 14.8 Å². The molecule has 0 saturated heterocycles. The normalized spacial score (nSPS) is 12.0. The number of pyridine rings is 1. The molecule has 49 heavy (non-hydrogen) atoms. The number of nitrogens with zero attached hydrogens (tertiary/aromatic N) is 4. The van der Waals surface area contributed by atoms with E-state index in [1.165, 1.54) is 10.9 Å². The maximum atomic E-state index is 6.65. The summed E-state index contributed by atoms with van der Waals surface area (Å²) in [5.41, 5.74) is 10.6. The van der Waals surface area contributed by atoms with Gasteiger partial charge in [0.1, 0.15) is 5.82 Å². The standard InChI is InChI=1S/C43H42N4O.Pt/c1-27-19-20-44-40(21-27)46-38-18-15-31(42(4,5)6)24-37(38)36-17-16-34(26-39(36)46)48-35-23-32(43(7,8)9)22-33(25-35)47-29(3)41(28(2)45-47)30-13-11-10-12-14-30;/h10-24H,1-9H3;/q-2;+2. The first-order chi connectivity index (χ1) is 22.8. The van der Waals surface area contributed by atoms with Gasteiger partial charge in [-0.05, 0) is 77.6 Å². The first kappa shape index (κ1) is 34.4. The van der Waals surface area contributed by atoms with E-state index < -0.39 is 0 Å². The molecule has 7 rings (SSSR count). The Morgan fingerprint density at radius 2 is 1.43 bits per heavy atom. The minimum atomic E-state index is -0.123. The van der Waals surface area contributed by atoms with Gasteiger partial charge in [-0.3, -0.25) is 4.68 Å². The van der Waals surface area contributed by atoms with Crippen molar-refractivity contribution in [1.82, 2.24) is 19.3 Å². The molecule has 250 valence electrons. The Labute approximate surface area is 304 Å². The summed E-state index contributed by atoms with van der Waals surface area (Å²) in [6, 6.07) is 36.9. The van der Waals surface area contributed by atoms with Crippen LogP contribution in [0.3, 0.4) is 0 Å². The van der Waals surface area contributed by atoms with Crippen molar-refractivity contribution < 1.29 is 25.8 Å². The molecule has 4 aromatic carbocycles. The largest absolute Gasteiger partial charge is 2.00 e. The van der Waals surface area contributed by atoms with E-state index in [2.05, 4.69) is 146 Å². The number of aromatic nitrogens is 4. The molecule has 0 unspecified atom stereocenters. The van der Waals surface area contributed by atoms with E-state index in [0.717, 1.165) is 61.6 Å². The molecule has 0 N–H and O–H groups in total. The number of fused-ring (bicyclic) bond motifs is 3. The minimum absolute atomic E-state index is 0. The number of benzene rings is 4. The van der Waals surface area contributed by atoms with Gasteiger partial charge in [0, 0.05) is 34.5 Å². The van der Waals surface area contributed by atoms with E-state index in [0.29, 0.717) is 11.5 Å². The van der Waals surface area contributed by atoms with Gasteiger partial charge in [-0.25, -0.2) is 4.98 Å². The fraction of sp³-hybridized carbons (Fsp3) is 0.256. The summed E-state index contributed by atoms with van der Waals surface area (Å²) in [5, 5.41) is 7.26. The van der Waals surface area contributed by atoms with Gasteiger partial charge in [-0.2, -0.15) is 11.2 Å². The van der Waals surface area contributed by atoms with Crippen molar-refractivity contribution in [1.29, 1.82) is 0 Å². The Kier molecular flexibility index (Phi) is 8.96. The summed E-state index contributed by atoms with van der Waals surface area (Å²) in [5.74, 6) is 2.09. The molecule has 3 heterocycles. The molecule has 0 amide bonds. The second-order valence-corrected chi connectivity index (χ2v) is 14.9. The van der Waals surface area contributed by atoms with Gasteiger partial charge in [0.05, 0.1) is 5.69 Å². The first-order valence-electron chi connectivity index (χ1n) is 16.6. The van der Waals surface area contributed by atoms with Crippen LogP contribution in [0.15, 0.2) is 91.1 Å². The topological polar surface area (TPSA) is 44.9 Å². The van der Waals surface area contributed by atoms with Crippen molar-refractivity contribution in [3.63, 3.8) is 0 Å². The maximum Gasteiger partial charge on any atom is 2.00 e. The smallest absolute Gasteiger partial charge is 0.509 e. The maximum absolute atomic E-state index is 6.65. The summed E-state index contributed by atoms with van der Waals surface area (Å²) in [4.78, 5) is 4.78. The van der Waals surface area contributed by atoms with Crippen molar-refractivity contribution in [2.24, 2.45) is 0 Å². The van der Waals surface area contributed by atoms with E-state index in [9.17, 15) is 0 Å². The molecular formula is C43H42N4OPt. The quantitative estimate of drug-likeness (QED) is 0.162. The molecule has 5 nitrogen and oxygen atoms in total. The number of ether oxygens (including phenoxy) is 1. The molecule has 6 heteroatoms. The Morgan fingerprint density at radius 3 is 2.12 bits per heavy atom. The fourth-order valence-electron chi connectivity index (χ4n) is 6.48. The SMILES string of the molecule is Cc1ccnc(-n2c3[c-]c(Oc4[c-]c(-n5nc(C)c(-c6ccccc6)c5C)cc(C(C)(C)C)c4)ccc3c3cc(C(C)(C)C)ccc32)c1.[Pt+2]. The average molecular weight is 826 g/mol. The van der Waals surface area contributed by atoms with Gasteiger partial charge in [-0.15, -0.1) is 41.3 Å². The monoisotopic (exact) mass is 825 g/mol. The number of hydrogen-bond acceptors (Lipinski definition) is 3. The Balaban J connectivity index is 0.00000417. The first-order valence-corrected chi connectivity index (χ1v) is 16.6. The second-order valence-electron chi connectivity index (χ2n) is 14.9. The molecule has 0 radical (unpaired) electrons. The molecular weight excluding hydrogens is 784 g/mol. The van der Waals surface area contributed by atoms with Crippen LogP contribution in [0.5, 0.6) is 11.5 Å². The van der Waals surface area contributed by atoms with Crippen molar-refractivity contribution >= 4 is 21.8 Å². The molecule has 0 aliphatic rings. The van der Waals surface area contributed by atoms with Gasteiger partial charge in [-0.1, -0.05) is 89.5 Å². The molecule has 0 aliphatic heterocycles. The van der Waals surface area contributed by atoms with Crippen LogP contribution in [0.2, 0.25) is 0 Å². The summed E-state index contributed by atoms with van der Waals surface area (Å²) in [7, 11) is 0. The van der Waals surface area contributed by atoms with Gasteiger partial charge >= 0.3 is 21.1 Å². The molecule has 0 atom stereocenters. The van der Waals surface area contributed by atoms with E-state index in [1.54, 1.807) is 0 Å². The van der Waals surface area contributed by atoms with Crippen molar-refractivity contribution in [3.8, 4) is 34.1 Å². The molecule has 0 saturated carbocycles. The van der Waals surface area contributed by atoms with Gasteiger partial charge < -0.3 is 9.30 Å². The third kappa shape index (κ3) is 6.49. The number of hydrogen-bond donors (Lipinski definition) is 0. The number of rotatable bonds is 5. The third-order valence-corrected chi connectivity index (χ3v) is 9.14. The molecule has 0 fully saturated rings. The summed E-state index contributed by atoms with van der Waals surface area (Å²) in [6.07, 6.45) is 1.86. The summed E-state index contributed by atoms with van der Waals surface area (Å²) < 4.78 is 10.8. The predicted octanol–water partition coefficient (Wildman–Crippen LogP) is 10.9. The Morgan fingerprint density at radius 1 is 0.694 bits per heavy atom. The zero-order valence-electron chi connectivity index (χ0n) is 29.7. The molecule has 0 aliphatic carbocycles. The van der Waals surface area contributed by atoms with Gasteiger partial charge in [0.25, 0.3) is 0 Å². The zero-order valence-corrected chi connectivity index (χ0v) is 31.9. The van der Waals surface area contributed by atoms with Crippen LogP contribution in [0, 0.1) is 32.9 Å². The van der Waals surface area contributed by atoms with E-state index >= 15 is 0 Å². The van der Waals surface area contributed by atoms with Crippen LogP contribution in [0.25, 0.3) is 44.4 Å². The summed E-state index contributed by atoms with van der Waals surface area (Å²) in [6.45, 7) is 19.7. The average Bonchev–Trinajstić information content (AvgIpc) is 3.52. The van der Waals surface area contributed by atoms with Crippen LogP contribution in [-0.2, 0) is 31.9 Å². The molecule has 0 spiro atoms. The zero-order chi connectivity index (χ0) is 34.0. The fourth-order valence-corrected chi connectivity index (χ4v) is 6.48. The van der Waals surface area contributed by atoms with Crippen molar-refractivity contribution in [3.05, 3.63) is 131 Å². The second kappa shape index (κ2) is 12.8. The molecule has 3 aromatic heterocycles. The van der Waals surface area contributed by atoms with Gasteiger partial charge in [0.15, 0.2) is 0 Å². The third-order valence-electron chi connectivity index (χ3n) is 9.14. The molecule has 7 aromatic rings. The Bertz CT molecular complexity index is 2320. The van der Waals surface area contributed by atoms with Crippen LogP contribution >= 0.6 is 0 Å². The number of aryl methyl sites for hydroxylation is 2. The van der Waals surface area contributed by atoms with E-state index in [1.807, 2.05) is 29.1 Å². The van der Waals surface area contributed by atoms with Crippen LogP contribution < -0.4 is 4.74 Å². The van der Waals surface area contributed by atoms with Crippen LogP contribution in [-0.4, -0.2) is 19.3 Å². The van der Waals surface area contributed by atoms with Gasteiger partial charge in [0.2, 0.25) is 0 Å². The van der Waals surface area contributed by atoms with Crippen molar-refractivity contribution in [2.75, 3.05) is 0 Å². The minimum Gasteiger partial charge on any atom is -0.509 e. The van der Waals surface area contributed by atoms with Crippen LogP contribution in [0.4, 0.5) is 0 Å². The van der Waals surface area contributed by atoms with Crippen LogP contribution in [0.1, 0.15) is 69.6 Å². The molecule has 0 bridgehead atoms. The summed E-state index contributed by atoms with van der Waals surface area (Å²) >= 11 is 0.